The molecule has 36 heavy (non-hydrogen) atoms. The second-order valence-corrected chi connectivity index (χ2v) is 7.60. The number of ether oxygens (including phenoxy) is 7. The molecule has 0 bridgehead atoms. The zero-order chi connectivity index (χ0) is 25.6. The van der Waals surface area contributed by atoms with Crippen molar-refractivity contribution in [3.63, 3.8) is 0 Å². The largest absolute Gasteiger partial charge is 0.493 e. The quantitative estimate of drug-likeness (QED) is 0.202. The first kappa shape index (κ1) is 26.8. The van der Waals surface area contributed by atoms with Gasteiger partial charge in [-0.2, -0.15) is 0 Å². The van der Waals surface area contributed by atoms with Crippen LogP contribution in [-0.2, 0) is 14.2 Å². The van der Waals surface area contributed by atoms with Crippen LogP contribution < -0.4 is 18.9 Å². The lowest BCUT2D eigenvalue weighted by Crippen LogP contribution is -2.04. The summed E-state index contributed by atoms with van der Waals surface area (Å²) in [5, 5.41) is 0. The minimum atomic E-state index is 0.129. The number of hydrogen-bond donors (Lipinski definition) is 0. The Kier molecular flexibility index (Phi) is 10.9. The van der Waals surface area contributed by atoms with Crippen molar-refractivity contribution >= 4 is 24.3 Å². The van der Waals surface area contributed by atoms with Crippen molar-refractivity contribution < 1.29 is 33.2 Å². The zero-order valence-electron chi connectivity index (χ0n) is 21.1. The topological polar surface area (TPSA) is 64.6 Å². The van der Waals surface area contributed by atoms with E-state index in [0.29, 0.717) is 23.0 Å². The van der Waals surface area contributed by atoms with Crippen molar-refractivity contribution in [2.75, 3.05) is 48.8 Å². The lowest BCUT2D eigenvalue weighted by Gasteiger charge is -2.12. The summed E-state index contributed by atoms with van der Waals surface area (Å²) in [7, 11) is 6.34. The Labute approximate surface area is 212 Å². The van der Waals surface area contributed by atoms with Crippen LogP contribution in [0, 0.1) is 0 Å². The minimum absolute atomic E-state index is 0.129. The fourth-order valence-electron chi connectivity index (χ4n) is 3.24. The third-order valence-electron chi connectivity index (χ3n) is 5.03. The first-order chi connectivity index (χ1) is 17.7. The fourth-order valence-corrected chi connectivity index (χ4v) is 3.24. The molecule has 0 aromatic heterocycles. The second kappa shape index (κ2) is 14.6. The first-order valence-electron chi connectivity index (χ1n) is 11.3. The van der Waals surface area contributed by atoms with Gasteiger partial charge in [-0.3, -0.25) is 0 Å². The van der Waals surface area contributed by atoms with Gasteiger partial charge in [0.2, 0.25) is 0 Å². The van der Waals surface area contributed by atoms with Gasteiger partial charge in [-0.05, 0) is 46.5 Å². The van der Waals surface area contributed by atoms with E-state index in [1.807, 2.05) is 54.6 Å². The molecule has 0 aliphatic rings. The molecule has 0 saturated carbocycles. The van der Waals surface area contributed by atoms with Gasteiger partial charge in [0.25, 0.3) is 0 Å². The summed E-state index contributed by atoms with van der Waals surface area (Å²) in [6, 6.07) is 19.7. The van der Waals surface area contributed by atoms with E-state index in [-0.39, 0.29) is 20.4 Å². The summed E-state index contributed by atoms with van der Waals surface area (Å²) < 4.78 is 37.1. The van der Waals surface area contributed by atoms with Crippen molar-refractivity contribution in [1.82, 2.24) is 0 Å². The Morgan fingerprint density at radius 2 is 0.806 bits per heavy atom. The molecule has 190 valence electrons. The molecule has 0 N–H and O–H groups in total. The molecule has 0 unspecified atom stereocenters. The van der Waals surface area contributed by atoms with E-state index in [4.69, 9.17) is 33.2 Å². The second-order valence-electron chi connectivity index (χ2n) is 7.60. The standard InChI is InChI=1S/C29H32O7/c1-30-19-34-26-15-13-24(17-28(26)33-4)11-9-22-5-7-23(8-6-22)10-12-25-14-16-27(35-20-31-2)29(18-25)36-21-32-3/h5-18H,19-21H2,1-4H3/b11-9+,12-10+. The highest BCUT2D eigenvalue weighted by atomic mass is 16.7. The molecule has 0 saturated heterocycles. The lowest BCUT2D eigenvalue weighted by atomic mass is 10.1. The van der Waals surface area contributed by atoms with Crippen LogP contribution in [0.4, 0.5) is 0 Å². The van der Waals surface area contributed by atoms with E-state index in [1.165, 1.54) is 0 Å². The third kappa shape index (κ3) is 8.16. The SMILES string of the molecule is COCOc1ccc(/C=C/c2ccc(/C=C/c3ccc(OCOC)c(OCOC)c3)cc2)cc1OC. The fraction of sp³-hybridized carbons (Fsp3) is 0.241. The van der Waals surface area contributed by atoms with Gasteiger partial charge in [0.05, 0.1) is 7.11 Å². The predicted octanol–water partition coefficient (Wildman–Crippen LogP) is 5.98. The maximum Gasteiger partial charge on any atom is 0.188 e. The zero-order valence-corrected chi connectivity index (χ0v) is 21.1. The van der Waals surface area contributed by atoms with Gasteiger partial charge in [0.1, 0.15) is 0 Å². The predicted molar refractivity (Wildman–Crippen MR) is 141 cm³/mol. The average molecular weight is 493 g/mol. The highest BCUT2D eigenvalue weighted by Crippen LogP contribution is 2.30. The molecule has 0 fully saturated rings. The lowest BCUT2D eigenvalue weighted by molar-refractivity contribution is 0.0322. The van der Waals surface area contributed by atoms with Gasteiger partial charge in [-0.15, -0.1) is 0 Å². The smallest absolute Gasteiger partial charge is 0.188 e. The summed E-state index contributed by atoms with van der Waals surface area (Å²) in [5.74, 6) is 2.48. The Morgan fingerprint density at radius 3 is 1.25 bits per heavy atom. The third-order valence-corrected chi connectivity index (χ3v) is 5.03. The van der Waals surface area contributed by atoms with Crippen LogP contribution in [0.2, 0.25) is 0 Å². The molecular formula is C29H32O7. The van der Waals surface area contributed by atoms with Gasteiger partial charge in [0, 0.05) is 21.3 Å². The Bertz CT molecular complexity index is 1140. The van der Waals surface area contributed by atoms with Gasteiger partial charge >= 0.3 is 0 Å². The maximum atomic E-state index is 5.63. The molecular weight excluding hydrogens is 460 g/mol. The van der Waals surface area contributed by atoms with Crippen LogP contribution in [0.5, 0.6) is 23.0 Å². The Hall–Kier alpha value is -3.78. The normalized spacial score (nSPS) is 11.2. The first-order valence-corrected chi connectivity index (χ1v) is 11.3. The molecule has 7 heteroatoms. The van der Waals surface area contributed by atoms with Crippen molar-refractivity contribution in [3.8, 4) is 23.0 Å². The van der Waals surface area contributed by atoms with E-state index in [0.717, 1.165) is 22.3 Å². The summed E-state index contributed by atoms with van der Waals surface area (Å²) in [4.78, 5) is 0. The molecule has 0 spiro atoms. The van der Waals surface area contributed by atoms with Crippen molar-refractivity contribution in [1.29, 1.82) is 0 Å². The summed E-state index contributed by atoms with van der Waals surface area (Å²) in [6.45, 7) is 0.439. The van der Waals surface area contributed by atoms with Crippen LogP contribution in [0.3, 0.4) is 0 Å². The van der Waals surface area contributed by atoms with E-state index < -0.39 is 0 Å². The van der Waals surface area contributed by atoms with Crippen molar-refractivity contribution in [3.05, 3.63) is 82.9 Å². The molecule has 3 rings (SSSR count). The molecule has 0 heterocycles. The molecule has 0 amide bonds. The molecule has 7 nitrogen and oxygen atoms in total. The molecule has 3 aromatic rings. The molecule has 0 radical (unpaired) electrons. The van der Waals surface area contributed by atoms with Crippen LogP contribution in [-0.4, -0.2) is 48.8 Å². The number of rotatable bonds is 14. The molecule has 0 aliphatic carbocycles. The van der Waals surface area contributed by atoms with Gasteiger partial charge in [-0.25, -0.2) is 0 Å². The number of benzene rings is 3. The van der Waals surface area contributed by atoms with Crippen LogP contribution in [0.25, 0.3) is 24.3 Å². The Morgan fingerprint density at radius 1 is 0.444 bits per heavy atom. The van der Waals surface area contributed by atoms with Gasteiger partial charge in [0.15, 0.2) is 43.4 Å². The summed E-state index contributed by atoms with van der Waals surface area (Å²) in [6.07, 6.45) is 8.14. The van der Waals surface area contributed by atoms with Crippen molar-refractivity contribution in [2.45, 2.75) is 0 Å². The molecule has 0 aliphatic heterocycles. The van der Waals surface area contributed by atoms with Crippen molar-refractivity contribution in [2.24, 2.45) is 0 Å². The van der Waals surface area contributed by atoms with E-state index in [9.17, 15) is 0 Å². The number of hydrogen-bond acceptors (Lipinski definition) is 7. The summed E-state index contributed by atoms with van der Waals surface area (Å²) >= 11 is 0. The van der Waals surface area contributed by atoms with Crippen LogP contribution in [0.1, 0.15) is 22.3 Å². The van der Waals surface area contributed by atoms with E-state index in [1.54, 1.807) is 28.4 Å². The average Bonchev–Trinajstić information content (AvgIpc) is 2.92. The van der Waals surface area contributed by atoms with Gasteiger partial charge < -0.3 is 33.2 Å². The van der Waals surface area contributed by atoms with Crippen LogP contribution in [0.15, 0.2) is 60.7 Å². The maximum absolute atomic E-state index is 5.63. The van der Waals surface area contributed by atoms with Gasteiger partial charge in [-0.1, -0.05) is 60.7 Å². The highest BCUT2D eigenvalue weighted by Gasteiger charge is 2.07. The van der Waals surface area contributed by atoms with Crippen LogP contribution >= 0.6 is 0 Å². The van der Waals surface area contributed by atoms with E-state index in [2.05, 4.69) is 30.3 Å². The summed E-state index contributed by atoms with van der Waals surface area (Å²) in [5.41, 5.74) is 4.14. The molecule has 3 aromatic carbocycles. The monoisotopic (exact) mass is 492 g/mol. The minimum Gasteiger partial charge on any atom is -0.493 e. The Balaban J connectivity index is 1.66. The molecule has 0 atom stereocenters. The van der Waals surface area contributed by atoms with E-state index >= 15 is 0 Å². The number of methoxy groups -OCH3 is 4. The highest BCUT2D eigenvalue weighted by molar-refractivity contribution is 5.74.